The van der Waals surface area contributed by atoms with Crippen LogP contribution in [0, 0.1) is 11.7 Å². The molecule has 2 nitrogen and oxygen atoms in total. The molecule has 1 fully saturated rings. The molecular weight excluding hydrogens is 286 g/mol. The number of alkyl halides is 3. The van der Waals surface area contributed by atoms with E-state index < -0.39 is 23.7 Å². The highest BCUT2D eigenvalue weighted by Gasteiger charge is 2.34. The highest BCUT2D eigenvalue weighted by Crippen LogP contribution is 2.33. The van der Waals surface area contributed by atoms with Crippen LogP contribution in [0.25, 0.3) is 0 Å². The number of aliphatic hydroxyl groups excluding tert-OH is 1. The van der Waals surface area contributed by atoms with Crippen LogP contribution in [0.5, 0.6) is 0 Å². The number of benzene rings is 1. The predicted octanol–water partition coefficient (Wildman–Crippen LogP) is 4.20. The summed E-state index contributed by atoms with van der Waals surface area (Å²) in [6, 6.07) is 2.76. The van der Waals surface area contributed by atoms with Gasteiger partial charge in [0.05, 0.1) is 11.7 Å². The maximum atomic E-state index is 13.1. The smallest absolute Gasteiger partial charge is 0.391 e. The Morgan fingerprint density at radius 3 is 2.52 bits per heavy atom. The van der Waals surface area contributed by atoms with Crippen LogP contribution in [0.3, 0.4) is 0 Å². The number of anilines is 1. The maximum Gasteiger partial charge on any atom is 0.419 e. The van der Waals surface area contributed by atoms with Crippen molar-refractivity contribution in [2.45, 2.75) is 44.4 Å². The topological polar surface area (TPSA) is 32.3 Å². The van der Waals surface area contributed by atoms with Crippen molar-refractivity contribution in [3.05, 3.63) is 29.6 Å². The summed E-state index contributed by atoms with van der Waals surface area (Å²) >= 11 is 0. The Hall–Kier alpha value is -1.30. The van der Waals surface area contributed by atoms with Gasteiger partial charge in [0.2, 0.25) is 0 Å². The van der Waals surface area contributed by atoms with Crippen molar-refractivity contribution in [2.75, 3.05) is 11.9 Å². The van der Waals surface area contributed by atoms with Crippen LogP contribution < -0.4 is 5.32 Å². The van der Waals surface area contributed by atoms with Gasteiger partial charge in [-0.3, -0.25) is 0 Å². The molecule has 21 heavy (non-hydrogen) atoms. The Bertz CT molecular complexity index is 469. The molecule has 0 radical (unpaired) electrons. The van der Waals surface area contributed by atoms with Gasteiger partial charge in [0.25, 0.3) is 0 Å². The number of hydrogen-bond acceptors (Lipinski definition) is 2. The fourth-order valence-corrected chi connectivity index (χ4v) is 2.80. The van der Waals surface area contributed by atoms with Crippen LogP contribution in [-0.4, -0.2) is 17.8 Å². The van der Waals surface area contributed by atoms with Gasteiger partial charge in [-0.15, -0.1) is 0 Å². The second-order valence-corrected chi connectivity index (χ2v) is 5.61. The van der Waals surface area contributed by atoms with Gasteiger partial charge in [0.15, 0.2) is 0 Å². The van der Waals surface area contributed by atoms with Gasteiger partial charge < -0.3 is 10.4 Å². The summed E-state index contributed by atoms with van der Waals surface area (Å²) in [4.78, 5) is 0. The minimum absolute atomic E-state index is 0.161. The minimum atomic E-state index is -4.72. The molecule has 1 saturated carbocycles. The lowest BCUT2D eigenvalue weighted by atomic mass is 10.00. The molecule has 1 atom stereocenters. The number of rotatable bonds is 5. The molecule has 118 valence electrons. The van der Waals surface area contributed by atoms with E-state index in [-0.39, 0.29) is 12.2 Å². The van der Waals surface area contributed by atoms with E-state index in [0.29, 0.717) is 12.3 Å². The van der Waals surface area contributed by atoms with Crippen LogP contribution in [-0.2, 0) is 6.18 Å². The van der Waals surface area contributed by atoms with Crippen molar-refractivity contribution in [3.63, 3.8) is 0 Å². The molecule has 0 aliphatic heterocycles. The summed E-state index contributed by atoms with van der Waals surface area (Å²) in [7, 11) is 0. The van der Waals surface area contributed by atoms with Crippen LogP contribution >= 0.6 is 0 Å². The molecule has 0 aromatic heterocycles. The van der Waals surface area contributed by atoms with Crippen molar-refractivity contribution in [1.82, 2.24) is 0 Å². The Labute approximate surface area is 121 Å². The van der Waals surface area contributed by atoms with Crippen molar-refractivity contribution in [1.29, 1.82) is 0 Å². The fraction of sp³-hybridized carbons (Fsp3) is 0.600. The highest BCUT2D eigenvalue weighted by atomic mass is 19.4. The number of aliphatic hydroxyl groups is 1. The van der Waals surface area contributed by atoms with Crippen LogP contribution in [0.2, 0.25) is 0 Å². The lowest BCUT2D eigenvalue weighted by Gasteiger charge is -2.17. The summed E-state index contributed by atoms with van der Waals surface area (Å²) < 4.78 is 50.9. The third-order valence-electron chi connectivity index (χ3n) is 3.89. The van der Waals surface area contributed by atoms with E-state index in [4.69, 9.17) is 0 Å². The van der Waals surface area contributed by atoms with Crippen LogP contribution in [0.4, 0.5) is 23.2 Å². The SMILES string of the molecule is OC(CNc1ccc(F)c(C(F)(F)F)c1)CC1CCCC1. The van der Waals surface area contributed by atoms with Gasteiger partial charge in [0.1, 0.15) is 5.82 Å². The van der Waals surface area contributed by atoms with Crippen molar-refractivity contribution in [3.8, 4) is 0 Å². The van der Waals surface area contributed by atoms with Gasteiger partial charge >= 0.3 is 6.18 Å². The zero-order valence-electron chi connectivity index (χ0n) is 11.6. The summed E-state index contributed by atoms with van der Waals surface area (Å²) in [5.74, 6) is -0.791. The first kappa shape index (κ1) is 16.1. The molecular formula is C15H19F4NO. The fourth-order valence-electron chi connectivity index (χ4n) is 2.80. The molecule has 0 amide bonds. The van der Waals surface area contributed by atoms with E-state index in [1.165, 1.54) is 18.9 Å². The van der Waals surface area contributed by atoms with Crippen molar-refractivity contribution < 1.29 is 22.7 Å². The standard InChI is InChI=1S/C15H19F4NO/c16-14-6-5-11(8-13(14)15(17,18)19)20-9-12(21)7-10-3-1-2-4-10/h5-6,8,10,12,20-21H,1-4,7,9H2. The van der Waals surface area contributed by atoms with E-state index >= 15 is 0 Å². The number of halogens is 4. The van der Waals surface area contributed by atoms with Crippen LogP contribution in [0.1, 0.15) is 37.7 Å². The molecule has 1 aliphatic carbocycles. The molecule has 1 unspecified atom stereocenters. The molecule has 0 heterocycles. The van der Waals surface area contributed by atoms with Gasteiger partial charge in [-0.1, -0.05) is 25.7 Å². The van der Waals surface area contributed by atoms with E-state index in [2.05, 4.69) is 5.32 Å². The normalized spacial score (nSPS) is 18.0. The molecule has 0 bridgehead atoms. The van der Waals surface area contributed by atoms with Crippen molar-refractivity contribution >= 4 is 5.69 Å². The van der Waals surface area contributed by atoms with Gasteiger partial charge in [-0.2, -0.15) is 13.2 Å². The largest absolute Gasteiger partial charge is 0.419 e. The Balaban J connectivity index is 1.90. The first-order valence-corrected chi connectivity index (χ1v) is 7.15. The number of nitrogens with one attached hydrogen (secondary N) is 1. The zero-order valence-corrected chi connectivity index (χ0v) is 11.6. The van der Waals surface area contributed by atoms with Crippen molar-refractivity contribution in [2.24, 2.45) is 5.92 Å². The molecule has 1 aliphatic rings. The lowest BCUT2D eigenvalue weighted by molar-refractivity contribution is -0.139. The molecule has 1 aromatic carbocycles. The maximum absolute atomic E-state index is 13.1. The van der Waals surface area contributed by atoms with E-state index in [9.17, 15) is 22.7 Å². The molecule has 2 rings (SSSR count). The summed E-state index contributed by atoms with van der Waals surface area (Å²) in [6.45, 7) is 0.166. The van der Waals surface area contributed by atoms with E-state index in [1.807, 2.05) is 0 Å². The number of hydrogen-bond donors (Lipinski definition) is 2. The molecule has 2 N–H and O–H groups in total. The Morgan fingerprint density at radius 1 is 1.24 bits per heavy atom. The molecule has 0 spiro atoms. The summed E-state index contributed by atoms with van der Waals surface area (Å²) in [6.07, 6.45) is -0.106. The van der Waals surface area contributed by atoms with Crippen LogP contribution in [0.15, 0.2) is 18.2 Å². The van der Waals surface area contributed by atoms with E-state index in [1.54, 1.807) is 0 Å². The molecule has 6 heteroatoms. The third kappa shape index (κ3) is 4.59. The molecule has 1 aromatic rings. The summed E-state index contributed by atoms with van der Waals surface area (Å²) in [5, 5.41) is 12.6. The first-order valence-electron chi connectivity index (χ1n) is 7.15. The summed E-state index contributed by atoms with van der Waals surface area (Å²) in [5.41, 5.74) is -1.13. The predicted molar refractivity (Wildman–Crippen MR) is 72.5 cm³/mol. The van der Waals surface area contributed by atoms with E-state index in [0.717, 1.165) is 25.0 Å². The second kappa shape index (κ2) is 6.64. The van der Waals surface area contributed by atoms with Gasteiger partial charge in [-0.05, 0) is 30.5 Å². The third-order valence-corrected chi connectivity index (χ3v) is 3.89. The Kier molecular flexibility index (Phi) is 5.08. The van der Waals surface area contributed by atoms with Gasteiger partial charge in [0, 0.05) is 12.2 Å². The Morgan fingerprint density at radius 2 is 1.90 bits per heavy atom. The van der Waals surface area contributed by atoms with Gasteiger partial charge in [-0.25, -0.2) is 4.39 Å². The quantitative estimate of drug-likeness (QED) is 0.799. The lowest BCUT2D eigenvalue weighted by Crippen LogP contribution is -2.22. The first-order chi connectivity index (χ1) is 9.86. The molecule has 0 saturated heterocycles. The highest BCUT2D eigenvalue weighted by molar-refractivity contribution is 5.47. The minimum Gasteiger partial charge on any atom is -0.391 e. The second-order valence-electron chi connectivity index (χ2n) is 5.61. The average Bonchev–Trinajstić information content (AvgIpc) is 2.89. The monoisotopic (exact) mass is 305 g/mol. The zero-order chi connectivity index (χ0) is 15.5. The average molecular weight is 305 g/mol.